The number of ether oxygens (including phenoxy) is 1. The predicted molar refractivity (Wildman–Crippen MR) is 139 cm³/mol. The first-order valence-corrected chi connectivity index (χ1v) is 13.7. The molecule has 3 fully saturated rings. The van der Waals surface area contributed by atoms with Gasteiger partial charge in [0, 0.05) is 49.1 Å². The number of carbonyl (C=O) groups is 2. The summed E-state index contributed by atoms with van der Waals surface area (Å²) in [4.78, 5) is 33.1. The van der Waals surface area contributed by atoms with E-state index in [1.807, 2.05) is 18.2 Å². The smallest absolute Gasteiger partial charge is 0.255 e. The lowest BCUT2D eigenvalue weighted by molar-refractivity contribution is -0.125. The second kappa shape index (κ2) is 10.4. The molecule has 3 aliphatic heterocycles. The van der Waals surface area contributed by atoms with Crippen LogP contribution < -0.4 is 5.32 Å². The van der Waals surface area contributed by atoms with Crippen molar-refractivity contribution >= 4 is 23.2 Å². The summed E-state index contributed by atoms with van der Waals surface area (Å²) in [5, 5.41) is 3.30. The third-order valence-electron chi connectivity index (χ3n) is 8.18. The van der Waals surface area contributed by atoms with Crippen LogP contribution in [0.5, 0.6) is 0 Å². The summed E-state index contributed by atoms with van der Waals surface area (Å²) >= 11 is 1.73. The highest BCUT2D eigenvalue weighted by molar-refractivity contribution is 7.12. The largest absolute Gasteiger partial charge is 0.381 e. The monoisotopic (exact) mass is 495 g/mol. The predicted octanol–water partition coefficient (Wildman–Crippen LogP) is 3.96. The van der Waals surface area contributed by atoms with Crippen LogP contribution in [0.1, 0.15) is 50.1 Å². The Morgan fingerprint density at radius 3 is 2.37 bits per heavy atom. The van der Waals surface area contributed by atoms with Crippen LogP contribution >= 0.6 is 11.3 Å². The van der Waals surface area contributed by atoms with Crippen molar-refractivity contribution in [3.05, 3.63) is 56.8 Å². The molecule has 0 radical (unpaired) electrons. The Balaban J connectivity index is 1.17. The van der Waals surface area contributed by atoms with Gasteiger partial charge in [0.2, 0.25) is 5.91 Å². The van der Waals surface area contributed by atoms with Gasteiger partial charge in [0.15, 0.2) is 0 Å². The van der Waals surface area contributed by atoms with Crippen molar-refractivity contribution < 1.29 is 14.3 Å². The van der Waals surface area contributed by atoms with E-state index in [4.69, 9.17) is 4.74 Å². The molecule has 0 aliphatic carbocycles. The van der Waals surface area contributed by atoms with Crippen molar-refractivity contribution in [1.29, 1.82) is 0 Å². The van der Waals surface area contributed by atoms with Gasteiger partial charge in [-0.05, 0) is 56.6 Å². The first-order chi connectivity index (χ1) is 16.9. The first-order valence-electron chi connectivity index (χ1n) is 12.9. The van der Waals surface area contributed by atoms with Gasteiger partial charge in [-0.25, -0.2) is 0 Å². The Bertz CT molecular complexity index is 1050. The highest BCUT2D eigenvalue weighted by Gasteiger charge is 2.42. The van der Waals surface area contributed by atoms with Gasteiger partial charge in [-0.2, -0.15) is 0 Å². The topological polar surface area (TPSA) is 61.9 Å². The average molecular weight is 496 g/mol. The second-order valence-corrected chi connectivity index (χ2v) is 12.0. The van der Waals surface area contributed by atoms with Gasteiger partial charge < -0.3 is 19.9 Å². The average Bonchev–Trinajstić information content (AvgIpc) is 3.62. The zero-order valence-electron chi connectivity index (χ0n) is 21.1. The van der Waals surface area contributed by atoms with Crippen LogP contribution in [0.3, 0.4) is 0 Å². The molecular weight excluding hydrogens is 458 g/mol. The van der Waals surface area contributed by atoms with Crippen LogP contribution in [0.15, 0.2) is 30.3 Å². The number of amides is 2. The van der Waals surface area contributed by atoms with Gasteiger partial charge in [0.1, 0.15) is 0 Å². The van der Waals surface area contributed by atoms with Crippen molar-refractivity contribution in [2.24, 2.45) is 17.8 Å². The molecule has 1 aromatic carbocycles. The summed E-state index contributed by atoms with van der Waals surface area (Å²) in [6.07, 6.45) is 1.69. The minimum Gasteiger partial charge on any atom is -0.381 e. The third kappa shape index (κ3) is 5.18. The van der Waals surface area contributed by atoms with Crippen molar-refractivity contribution in [2.45, 2.75) is 39.7 Å². The van der Waals surface area contributed by atoms with E-state index >= 15 is 0 Å². The maximum atomic E-state index is 13.3. The molecule has 6 nitrogen and oxygen atoms in total. The molecule has 2 unspecified atom stereocenters. The molecule has 3 saturated heterocycles. The number of fused-ring (bicyclic) bond motifs is 1. The van der Waals surface area contributed by atoms with Crippen LogP contribution in [0, 0.1) is 38.5 Å². The summed E-state index contributed by atoms with van der Waals surface area (Å²) in [5.41, 5.74) is 3.24. The van der Waals surface area contributed by atoms with Gasteiger partial charge in [-0.15, -0.1) is 11.3 Å². The lowest BCUT2D eigenvalue weighted by Crippen LogP contribution is -2.37. The number of rotatable bonds is 7. The van der Waals surface area contributed by atoms with Gasteiger partial charge in [-0.1, -0.05) is 30.3 Å². The maximum absolute atomic E-state index is 13.3. The normalized spacial score (nSPS) is 25.1. The number of nitrogens with zero attached hydrogens (tertiary/aromatic N) is 2. The summed E-state index contributed by atoms with van der Waals surface area (Å²) < 4.78 is 5.42. The summed E-state index contributed by atoms with van der Waals surface area (Å²) in [5.74, 6) is 1.38. The maximum Gasteiger partial charge on any atom is 0.255 e. The van der Waals surface area contributed by atoms with Crippen LogP contribution in [-0.4, -0.2) is 67.6 Å². The molecular formula is C28H37N3O3S. The molecule has 0 saturated carbocycles. The lowest BCUT2D eigenvalue weighted by Gasteiger charge is -2.25. The van der Waals surface area contributed by atoms with E-state index in [0.29, 0.717) is 25.0 Å². The summed E-state index contributed by atoms with van der Waals surface area (Å²) in [7, 11) is 0. The van der Waals surface area contributed by atoms with E-state index in [0.717, 1.165) is 67.1 Å². The van der Waals surface area contributed by atoms with Gasteiger partial charge in [0.25, 0.3) is 5.91 Å². The highest BCUT2D eigenvalue weighted by Crippen LogP contribution is 2.35. The molecule has 7 heteroatoms. The molecule has 0 bridgehead atoms. The Morgan fingerprint density at radius 2 is 1.77 bits per heavy atom. The Hall–Kier alpha value is -2.22. The Labute approximate surface area is 212 Å². The van der Waals surface area contributed by atoms with E-state index in [1.165, 1.54) is 4.88 Å². The molecule has 0 spiro atoms. The number of likely N-dealkylation sites (tertiary alicyclic amines) is 2. The summed E-state index contributed by atoms with van der Waals surface area (Å²) in [6.45, 7) is 12.2. The minimum atomic E-state index is -0.0323. The molecule has 2 aromatic rings. The number of benzene rings is 1. The number of nitrogens with one attached hydrogen (secondary N) is 1. The fraction of sp³-hybridized carbons (Fsp3) is 0.571. The molecule has 188 valence electrons. The molecule has 4 heterocycles. The molecule has 35 heavy (non-hydrogen) atoms. The van der Waals surface area contributed by atoms with Crippen molar-refractivity contribution in [2.75, 3.05) is 45.9 Å². The number of thiophene rings is 1. The molecule has 1 aromatic heterocycles. The van der Waals surface area contributed by atoms with Crippen LogP contribution in [0.4, 0.5) is 0 Å². The minimum absolute atomic E-state index is 0.00981. The number of aryl methyl sites for hydroxylation is 2. The Morgan fingerprint density at radius 1 is 1.06 bits per heavy atom. The standard InChI is InChI=1S/C28H37N3O3S/c1-18-19(2)35-20(3)26(18)28(33)31-15-23-13-30(14-24(23)16-31)11-9-25(21-7-5-4-6-8-21)29-27(32)22-10-12-34-17-22/h4-8,22-25H,9-17H2,1-3H3,(H,29,32)/t22-,23?,24?,25+/m1/s1. The number of hydrogen-bond donors (Lipinski definition) is 1. The molecule has 5 rings (SSSR count). The molecule has 3 aliphatic rings. The van der Waals surface area contributed by atoms with Gasteiger partial charge in [0.05, 0.1) is 24.1 Å². The Kier molecular flexibility index (Phi) is 7.28. The zero-order valence-corrected chi connectivity index (χ0v) is 21.9. The number of carbonyl (C=O) groups excluding carboxylic acids is 2. The fourth-order valence-electron chi connectivity index (χ4n) is 6.06. The number of hydrogen-bond acceptors (Lipinski definition) is 5. The van der Waals surface area contributed by atoms with E-state index in [2.05, 4.69) is 48.0 Å². The summed E-state index contributed by atoms with van der Waals surface area (Å²) in [6, 6.07) is 10.3. The van der Waals surface area contributed by atoms with Gasteiger partial charge >= 0.3 is 0 Å². The van der Waals surface area contributed by atoms with Crippen molar-refractivity contribution in [1.82, 2.24) is 15.1 Å². The lowest BCUT2D eigenvalue weighted by atomic mass is 10.0. The second-order valence-electron chi connectivity index (χ2n) is 10.5. The van der Waals surface area contributed by atoms with Gasteiger partial charge in [-0.3, -0.25) is 9.59 Å². The molecule has 4 atom stereocenters. The fourth-order valence-corrected chi connectivity index (χ4v) is 7.11. The van der Waals surface area contributed by atoms with E-state index in [1.54, 1.807) is 11.3 Å². The van der Waals surface area contributed by atoms with Crippen LogP contribution in [0.2, 0.25) is 0 Å². The third-order valence-corrected chi connectivity index (χ3v) is 9.30. The van der Waals surface area contributed by atoms with Crippen molar-refractivity contribution in [3.63, 3.8) is 0 Å². The van der Waals surface area contributed by atoms with E-state index < -0.39 is 0 Å². The van der Waals surface area contributed by atoms with E-state index in [9.17, 15) is 9.59 Å². The van der Waals surface area contributed by atoms with Crippen molar-refractivity contribution in [3.8, 4) is 0 Å². The van der Waals surface area contributed by atoms with Crippen LogP contribution in [0.25, 0.3) is 0 Å². The first kappa shape index (κ1) is 24.5. The molecule has 1 N–H and O–H groups in total. The quantitative estimate of drug-likeness (QED) is 0.632. The SMILES string of the molecule is Cc1sc(C)c(C(=O)N2CC3CN(CC[C@H](NC(=O)[C@@H]4CCOC4)c4ccccc4)CC3C2)c1C. The van der Waals surface area contributed by atoms with E-state index in [-0.39, 0.29) is 23.8 Å². The molecule has 2 amide bonds. The highest BCUT2D eigenvalue weighted by atomic mass is 32.1. The van der Waals surface area contributed by atoms with Crippen LogP contribution in [-0.2, 0) is 9.53 Å². The zero-order chi connectivity index (χ0) is 24.5.